The molecule has 0 aromatic carbocycles. The summed E-state index contributed by atoms with van der Waals surface area (Å²) < 4.78 is 0. The number of anilines is 1. The Morgan fingerprint density at radius 1 is 1.48 bits per heavy atom. The van der Waals surface area contributed by atoms with E-state index in [0.717, 1.165) is 30.1 Å². The molecule has 0 radical (unpaired) electrons. The molecule has 3 rings (SSSR count). The number of likely N-dealkylation sites (tertiary alicyclic amines) is 1. The molecule has 1 aliphatic rings. The summed E-state index contributed by atoms with van der Waals surface area (Å²) in [6.07, 6.45) is 5.97. The number of piperidine rings is 1. The minimum atomic E-state index is -0.0405. The summed E-state index contributed by atoms with van der Waals surface area (Å²) in [6, 6.07) is 1.88. The fraction of sp³-hybridized carbons (Fsp3) is 0.500. The van der Waals surface area contributed by atoms with Crippen molar-refractivity contribution >= 4 is 22.5 Å². The molecule has 0 saturated carbocycles. The van der Waals surface area contributed by atoms with Crippen molar-refractivity contribution in [2.45, 2.75) is 25.2 Å². The van der Waals surface area contributed by atoms with Gasteiger partial charge in [0.15, 0.2) is 0 Å². The Morgan fingerprint density at radius 2 is 2.39 bits per heavy atom. The van der Waals surface area contributed by atoms with Crippen molar-refractivity contribution < 1.29 is 4.79 Å². The van der Waals surface area contributed by atoms with E-state index in [1.807, 2.05) is 11.0 Å². The summed E-state index contributed by atoms with van der Waals surface area (Å²) in [4.78, 5) is 22.4. The van der Waals surface area contributed by atoms with Gasteiger partial charge in [-0.1, -0.05) is 11.3 Å². The molecular weight excluding hydrogens is 314 g/mol. The van der Waals surface area contributed by atoms with E-state index in [2.05, 4.69) is 25.5 Å². The quantitative estimate of drug-likeness (QED) is 0.865. The molecule has 1 fully saturated rings. The summed E-state index contributed by atoms with van der Waals surface area (Å²) >= 11 is 1.35. The van der Waals surface area contributed by atoms with E-state index in [4.69, 9.17) is 5.73 Å². The smallest absolute Gasteiger partial charge is 0.317 e. The third-order valence-electron chi connectivity index (χ3n) is 3.83. The highest BCUT2D eigenvalue weighted by molar-refractivity contribution is 7.15. The minimum Gasteiger partial charge on any atom is -0.374 e. The molecule has 1 aliphatic heterocycles. The maximum absolute atomic E-state index is 12.3. The molecule has 23 heavy (non-hydrogen) atoms. The Kier molecular flexibility index (Phi) is 4.96. The number of nitrogen functional groups attached to an aromatic ring is 1. The van der Waals surface area contributed by atoms with Crippen LogP contribution in [-0.2, 0) is 6.42 Å². The van der Waals surface area contributed by atoms with Crippen LogP contribution in [-0.4, -0.2) is 50.7 Å². The number of rotatable bonds is 4. The van der Waals surface area contributed by atoms with Gasteiger partial charge in [0.05, 0.1) is 0 Å². The normalized spacial score (nSPS) is 17.9. The molecule has 9 heteroatoms. The maximum atomic E-state index is 12.3. The molecule has 8 nitrogen and oxygen atoms in total. The van der Waals surface area contributed by atoms with E-state index in [9.17, 15) is 4.79 Å². The van der Waals surface area contributed by atoms with E-state index < -0.39 is 0 Å². The number of carbonyl (C=O) groups excluding carboxylic acids is 1. The lowest BCUT2D eigenvalue weighted by Gasteiger charge is -2.32. The zero-order chi connectivity index (χ0) is 16.1. The maximum Gasteiger partial charge on any atom is 0.317 e. The van der Waals surface area contributed by atoms with Crippen LogP contribution in [0.4, 0.5) is 9.93 Å². The molecule has 0 bridgehead atoms. The Labute approximate surface area is 138 Å². The largest absolute Gasteiger partial charge is 0.374 e. The molecule has 1 unspecified atom stereocenters. The lowest BCUT2D eigenvalue weighted by molar-refractivity contribution is 0.179. The van der Waals surface area contributed by atoms with Gasteiger partial charge < -0.3 is 16.0 Å². The molecule has 3 heterocycles. The van der Waals surface area contributed by atoms with E-state index in [1.165, 1.54) is 11.3 Å². The van der Waals surface area contributed by atoms with Gasteiger partial charge in [-0.25, -0.2) is 14.8 Å². The highest BCUT2D eigenvalue weighted by Gasteiger charge is 2.25. The third kappa shape index (κ3) is 4.13. The molecule has 2 aromatic rings. The highest BCUT2D eigenvalue weighted by Crippen LogP contribution is 2.24. The predicted molar refractivity (Wildman–Crippen MR) is 87.0 cm³/mol. The van der Waals surface area contributed by atoms with Crippen molar-refractivity contribution in [2.24, 2.45) is 0 Å². The van der Waals surface area contributed by atoms with Crippen LogP contribution in [0.25, 0.3) is 0 Å². The molecule has 2 amide bonds. The number of aromatic nitrogens is 4. The molecule has 2 aromatic heterocycles. The van der Waals surface area contributed by atoms with Crippen LogP contribution in [0.2, 0.25) is 0 Å². The van der Waals surface area contributed by atoms with Gasteiger partial charge in [-0.2, -0.15) is 0 Å². The standard InChI is InChI=1S/C14H19N7OS/c15-13-20-19-12(23-13)4-6-17-14(22)21-7-1-2-10(8-21)11-3-5-16-9-18-11/h3,5,9-10H,1-2,4,6-8H2,(H2,15,20)(H,17,22). The van der Waals surface area contributed by atoms with Gasteiger partial charge in [-0.15, -0.1) is 10.2 Å². The van der Waals surface area contributed by atoms with Gasteiger partial charge in [-0.05, 0) is 18.9 Å². The summed E-state index contributed by atoms with van der Waals surface area (Å²) in [6.45, 7) is 2.00. The Balaban J connectivity index is 1.49. The van der Waals surface area contributed by atoms with Crippen LogP contribution in [0.3, 0.4) is 0 Å². The van der Waals surface area contributed by atoms with Crippen molar-refractivity contribution in [1.29, 1.82) is 0 Å². The molecule has 1 atom stereocenters. The SMILES string of the molecule is Nc1nnc(CCNC(=O)N2CCCC(c3ccncn3)C2)s1. The molecule has 3 N–H and O–H groups in total. The number of amides is 2. The van der Waals surface area contributed by atoms with Gasteiger partial charge in [0.25, 0.3) is 0 Å². The van der Waals surface area contributed by atoms with E-state index in [0.29, 0.717) is 24.6 Å². The van der Waals surface area contributed by atoms with Gasteiger partial charge in [0.2, 0.25) is 5.13 Å². The zero-order valence-electron chi connectivity index (χ0n) is 12.7. The van der Waals surface area contributed by atoms with Gasteiger partial charge >= 0.3 is 6.03 Å². The first-order chi connectivity index (χ1) is 11.2. The van der Waals surface area contributed by atoms with Crippen LogP contribution in [0, 0.1) is 0 Å². The monoisotopic (exact) mass is 333 g/mol. The molecule has 0 aliphatic carbocycles. The molecule has 1 saturated heterocycles. The summed E-state index contributed by atoms with van der Waals surface area (Å²) in [5.74, 6) is 0.278. The molecular formula is C14H19N7OS. The minimum absolute atomic E-state index is 0.0405. The van der Waals surface area contributed by atoms with E-state index in [1.54, 1.807) is 12.5 Å². The summed E-state index contributed by atoms with van der Waals surface area (Å²) in [5, 5.41) is 11.9. The first-order valence-electron chi connectivity index (χ1n) is 7.59. The van der Waals surface area contributed by atoms with Crippen LogP contribution in [0.5, 0.6) is 0 Å². The Morgan fingerprint density at radius 3 is 3.13 bits per heavy atom. The van der Waals surface area contributed by atoms with Crippen molar-refractivity contribution in [2.75, 3.05) is 25.4 Å². The lowest BCUT2D eigenvalue weighted by atomic mass is 9.95. The Hall–Kier alpha value is -2.29. The van der Waals surface area contributed by atoms with Crippen LogP contribution >= 0.6 is 11.3 Å². The Bertz CT molecular complexity index is 648. The second-order valence-electron chi connectivity index (χ2n) is 5.44. The number of urea groups is 1. The van der Waals surface area contributed by atoms with Gasteiger partial charge in [0.1, 0.15) is 11.3 Å². The second-order valence-corrected chi connectivity index (χ2v) is 6.53. The average molecular weight is 333 g/mol. The van der Waals surface area contributed by atoms with E-state index in [-0.39, 0.29) is 11.9 Å². The lowest BCUT2D eigenvalue weighted by Crippen LogP contribution is -2.45. The summed E-state index contributed by atoms with van der Waals surface area (Å²) in [5.41, 5.74) is 6.54. The van der Waals surface area contributed by atoms with E-state index >= 15 is 0 Å². The first kappa shape index (κ1) is 15.6. The van der Waals surface area contributed by atoms with Crippen LogP contribution in [0.1, 0.15) is 29.5 Å². The number of nitrogens with zero attached hydrogens (tertiary/aromatic N) is 5. The van der Waals surface area contributed by atoms with Gasteiger partial charge in [-0.3, -0.25) is 0 Å². The zero-order valence-corrected chi connectivity index (χ0v) is 13.5. The first-order valence-corrected chi connectivity index (χ1v) is 8.40. The topological polar surface area (TPSA) is 110 Å². The van der Waals surface area contributed by atoms with Crippen LogP contribution in [0.15, 0.2) is 18.6 Å². The van der Waals surface area contributed by atoms with Crippen molar-refractivity contribution in [3.63, 3.8) is 0 Å². The highest BCUT2D eigenvalue weighted by atomic mass is 32.1. The number of carbonyl (C=O) groups is 1. The number of hydrogen-bond donors (Lipinski definition) is 2. The number of nitrogens with one attached hydrogen (secondary N) is 1. The molecule has 122 valence electrons. The van der Waals surface area contributed by atoms with Crippen molar-refractivity contribution in [1.82, 2.24) is 30.4 Å². The van der Waals surface area contributed by atoms with Crippen LogP contribution < -0.4 is 11.1 Å². The van der Waals surface area contributed by atoms with Crippen molar-refractivity contribution in [3.05, 3.63) is 29.3 Å². The summed E-state index contributed by atoms with van der Waals surface area (Å²) in [7, 11) is 0. The fourth-order valence-electron chi connectivity index (χ4n) is 2.70. The van der Waals surface area contributed by atoms with Crippen molar-refractivity contribution in [3.8, 4) is 0 Å². The average Bonchev–Trinajstić information content (AvgIpc) is 3.01. The number of nitrogens with two attached hydrogens (primary N) is 1. The molecule has 0 spiro atoms. The van der Waals surface area contributed by atoms with Gasteiger partial charge in [0, 0.05) is 43.9 Å². The third-order valence-corrected chi connectivity index (χ3v) is 4.64. The number of hydrogen-bond acceptors (Lipinski definition) is 7. The fourth-order valence-corrected chi connectivity index (χ4v) is 3.31. The second kappa shape index (κ2) is 7.32. The predicted octanol–water partition coefficient (Wildman–Crippen LogP) is 1.04.